The zero-order valence-electron chi connectivity index (χ0n) is 11.6. The van der Waals surface area contributed by atoms with Crippen LogP contribution in [0, 0.1) is 0 Å². The maximum absolute atomic E-state index is 12.0. The van der Waals surface area contributed by atoms with Crippen molar-refractivity contribution in [3.63, 3.8) is 0 Å². The third kappa shape index (κ3) is 3.12. The lowest BCUT2D eigenvalue weighted by Gasteiger charge is -2.22. The number of hydrogen-bond donors (Lipinski definition) is 1. The predicted octanol–water partition coefficient (Wildman–Crippen LogP) is 1.54. The largest absolute Gasteiger partial charge is 0.493 e. The zero-order valence-corrected chi connectivity index (χ0v) is 13.4. The molecule has 0 saturated carbocycles. The van der Waals surface area contributed by atoms with Gasteiger partial charge in [0, 0.05) is 0 Å². The van der Waals surface area contributed by atoms with Crippen molar-refractivity contribution in [1.29, 1.82) is 0 Å². The number of rotatable bonds is 5. The molecule has 4 nitrogen and oxygen atoms in total. The van der Waals surface area contributed by atoms with Gasteiger partial charge < -0.3 is 4.74 Å². The van der Waals surface area contributed by atoms with Crippen LogP contribution in [-0.2, 0) is 10.0 Å². The van der Waals surface area contributed by atoms with E-state index < -0.39 is 18.1 Å². The van der Waals surface area contributed by atoms with E-state index in [0.717, 1.165) is 5.19 Å². The molecule has 0 amide bonds. The van der Waals surface area contributed by atoms with Crippen molar-refractivity contribution in [2.24, 2.45) is 0 Å². The molecular weight excluding hydrogens is 266 g/mol. The van der Waals surface area contributed by atoms with Crippen LogP contribution in [0.15, 0.2) is 23.1 Å². The van der Waals surface area contributed by atoms with Gasteiger partial charge in [-0.3, -0.25) is 0 Å². The maximum atomic E-state index is 12.0. The Balaban J connectivity index is 3.55. The van der Waals surface area contributed by atoms with Gasteiger partial charge >= 0.3 is 0 Å². The molecule has 0 aliphatic rings. The molecular formula is C12H21NO3SSi. The molecule has 0 fully saturated rings. The monoisotopic (exact) mass is 287 g/mol. The molecule has 0 spiro atoms. The molecule has 1 rings (SSSR count). The average Bonchev–Trinajstić information content (AvgIpc) is 2.28. The number of sulfonamides is 1. The first-order valence-corrected chi connectivity index (χ1v) is 10.9. The van der Waals surface area contributed by atoms with E-state index in [0.29, 0.717) is 12.4 Å². The first kappa shape index (κ1) is 15.2. The van der Waals surface area contributed by atoms with Gasteiger partial charge in [-0.25, -0.2) is 13.1 Å². The lowest BCUT2D eigenvalue weighted by atomic mass is 10.3. The Hall–Kier alpha value is -0.853. The molecule has 1 aromatic carbocycles. The van der Waals surface area contributed by atoms with E-state index >= 15 is 0 Å². The molecule has 1 N–H and O–H groups in total. The van der Waals surface area contributed by atoms with Crippen LogP contribution >= 0.6 is 0 Å². The molecule has 6 heteroatoms. The van der Waals surface area contributed by atoms with Crippen LogP contribution in [-0.4, -0.2) is 30.1 Å². The van der Waals surface area contributed by atoms with E-state index in [4.69, 9.17) is 4.74 Å². The molecule has 0 atom stereocenters. The van der Waals surface area contributed by atoms with Crippen LogP contribution in [0.5, 0.6) is 5.75 Å². The molecule has 0 radical (unpaired) electrons. The molecule has 102 valence electrons. The highest BCUT2D eigenvalue weighted by Gasteiger charge is 2.27. The highest BCUT2D eigenvalue weighted by atomic mass is 32.2. The maximum Gasteiger partial charge on any atom is 0.243 e. The fraction of sp³-hybridized carbons (Fsp3) is 0.500. The molecule has 0 saturated heterocycles. The fourth-order valence-electron chi connectivity index (χ4n) is 1.72. The Kier molecular flexibility index (Phi) is 4.58. The van der Waals surface area contributed by atoms with E-state index in [1.807, 2.05) is 13.0 Å². The van der Waals surface area contributed by atoms with Crippen molar-refractivity contribution in [3.05, 3.63) is 18.2 Å². The van der Waals surface area contributed by atoms with Crippen LogP contribution < -0.4 is 14.6 Å². The predicted molar refractivity (Wildman–Crippen MR) is 76.8 cm³/mol. The minimum absolute atomic E-state index is 0.228. The summed E-state index contributed by atoms with van der Waals surface area (Å²) in [6, 6.07) is 5.33. The third-order valence-electron chi connectivity index (χ3n) is 2.63. The molecule has 1 aromatic rings. The van der Waals surface area contributed by atoms with E-state index in [2.05, 4.69) is 24.4 Å². The standard InChI is InChI=1S/C12H21NO3SSi/c1-6-16-12-10(17(14,15)13-2)8-7-9-11(12)18(3,4)5/h7-9,13H,6H2,1-5H3. The van der Waals surface area contributed by atoms with Gasteiger partial charge in [-0.05, 0) is 25.2 Å². The van der Waals surface area contributed by atoms with Crippen LogP contribution in [0.1, 0.15) is 6.92 Å². The summed E-state index contributed by atoms with van der Waals surface area (Å²) in [6.45, 7) is 8.81. The summed E-state index contributed by atoms with van der Waals surface area (Å²) >= 11 is 0. The molecule has 0 aliphatic carbocycles. The highest BCUT2D eigenvalue weighted by Crippen LogP contribution is 2.24. The van der Waals surface area contributed by atoms with E-state index in [1.165, 1.54) is 7.05 Å². The van der Waals surface area contributed by atoms with Crippen molar-refractivity contribution < 1.29 is 13.2 Å². The second-order valence-corrected chi connectivity index (χ2v) is 11.9. The Morgan fingerprint density at radius 3 is 2.33 bits per heavy atom. The Bertz CT molecular complexity index is 521. The lowest BCUT2D eigenvalue weighted by molar-refractivity contribution is 0.333. The minimum atomic E-state index is -3.49. The summed E-state index contributed by atoms with van der Waals surface area (Å²) in [5.74, 6) is 0.508. The molecule has 0 bridgehead atoms. The smallest absolute Gasteiger partial charge is 0.243 e. The van der Waals surface area contributed by atoms with E-state index in [1.54, 1.807) is 12.1 Å². The van der Waals surface area contributed by atoms with E-state index in [-0.39, 0.29) is 4.90 Å². The molecule has 0 aromatic heterocycles. The van der Waals surface area contributed by atoms with Crippen LogP contribution in [0.3, 0.4) is 0 Å². The summed E-state index contributed by atoms with van der Waals surface area (Å²) in [7, 11) is -3.73. The van der Waals surface area contributed by atoms with Crippen molar-refractivity contribution in [3.8, 4) is 5.75 Å². The number of hydrogen-bond acceptors (Lipinski definition) is 3. The number of benzene rings is 1. The molecule has 0 aliphatic heterocycles. The second kappa shape index (κ2) is 5.42. The topological polar surface area (TPSA) is 55.4 Å². The minimum Gasteiger partial charge on any atom is -0.493 e. The van der Waals surface area contributed by atoms with Gasteiger partial charge in [0.25, 0.3) is 0 Å². The van der Waals surface area contributed by atoms with Gasteiger partial charge in [0.15, 0.2) is 0 Å². The van der Waals surface area contributed by atoms with Crippen molar-refractivity contribution >= 4 is 23.3 Å². The fourth-order valence-corrected chi connectivity index (χ4v) is 4.19. The van der Waals surface area contributed by atoms with Crippen molar-refractivity contribution in [1.82, 2.24) is 4.72 Å². The number of nitrogens with one attached hydrogen (secondary N) is 1. The first-order chi connectivity index (χ1) is 8.24. The number of ether oxygens (including phenoxy) is 1. The Morgan fingerprint density at radius 1 is 1.28 bits per heavy atom. The normalized spacial score (nSPS) is 12.5. The lowest BCUT2D eigenvalue weighted by Crippen LogP contribution is -2.39. The van der Waals surface area contributed by atoms with Crippen LogP contribution in [0.2, 0.25) is 19.6 Å². The van der Waals surface area contributed by atoms with E-state index in [9.17, 15) is 8.42 Å². The average molecular weight is 287 g/mol. The summed E-state index contributed by atoms with van der Waals surface area (Å²) in [6.07, 6.45) is 0. The Morgan fingerprint density at radius 2 is 1.89 bits per heavy atom. The van der Waals surface area contributed by atoms with Crippen molar-refractivity contribution in [2.75, 3.05) is 13.7 Å². The van der Waals surface area contributed by atoms with Gasteiger partial charge in [0.2, 0.25) is 10.0 Å². The Labute approximate surface area is 110 Å². The summed E-state index contributed by atoms with van der Waals surface area (Å²) in [4.78, 5) is 0.228. The van der Waals surface area contributed by atoms with Gasteiger partial charge in [0.1, 0.15) is 10.6 Å². The summed E-state index contributed by atoms with van der Waals surface area (Å²) < 4.78 is 31.9. The van der Waals surface area contributed by atoms with Crippen LogP contribution in [0.25, 0.3) is 0 Å². The van der Waals surface area contributed by atoms with Gasteiger partial charge in [0.05, 0.1) is 14.7 Å². The quantitative estimate of drug-likeness (QED) is 0.836. The molecule has 18 heavy (non-hydrogen) atoms. The summed E-state index contributed by atoms with van der Waals surface area (Å²) in [5, 5.41) is 1.03. The second-order valence-electron chi connectivity index (χ2n) is 5.02. The highest BCUT2D eigenvalue weighted by molar-refractivity contribution is 7.89. The molecule has 0 unspecified atom stereocenters. The molecule has 0 heterocycles. The zero-order chi connectivity index (χ0) is 14.0. The van der Waals surface area contributed by atoms with Gasteiger partial charge in [-0.2, -0.15) is 0 Å². The third-order valence-corrected chi connectivity index (χ3v) is 6.08. The van der Waals surface area contributed by atoms with Crippen LogP contribution in [0.4, 0.5) is 0 Å². The van der Waals surface area contributed by atoms with Crippen molar-refractivity contribution in [2.45, 2.75) is 31.5 Å². The van der Waals surface area contributed by atoms with Gasteiger partial charge in [-0.1, -0.05) is 31.8 Å². The first-order valence-electron chi connectivity index (χ1n) is 5.94. The summed E-state index contributed by atoms with van der Waals surface area (Å²) in [5.41, 5.74) is 0. The number of para-hydroxylation sites is 1. The SMILES string of the molecule is CCOc1c([Si](C)(C)C)cccc1S(=O)(=O)NC. The van der Waals surface area contributed by atoms with Gasteiger partial charge in [-0.15, -0.1) is 0 Å².